The molecule has 0 fully saturated rings. The van der Waals surface area contributed by atoms with Crippen LogP contribution in [0.3, 0.4) is 0 Å². The van der Waals surface area contributed by atoms with Crippen LogP contribution in [-0.4, -0.2) is 15.9 Å². The van der Waals surface area contributed by atoms with Gasteiger partial charge < -0.3 is 10.6 Å². The van der Waals surface area contributed by atoms with Gasteiger partial charge in [-0.3, -0.25) is 4.79 Å². The summed E-state index contributed by atoms with van der Waals surface area (Å²) in [6, 6.07) is 11.9. The summed E-state index contributed by atoms with van der Waals surface area (Å²) in [7, 11) is 0. The summed E-state index contributed by atoms with van der Waals surface area (Å²) in [6.45, 7) is 4.12. The summed E-state index contributed by atoms with van der Waals surface area (Å²) in [5.74, 6) is -0.229. The van der Waals surface area contributed by atoms with Gasteiger partial charge in [0.15, 0.2) is 0 Å². The lowest BCUT2D eigenvalue weighted by molar-refractivity contribution is 0.102. The van der Waals surface area contributed by atoms with E-state index in [9.17, 15) is 9.18 Å². The maximum absolute atomic E-state index is 13.0. The molecule has 1 heterocycles. The number of hydrogen-bond donors (Lipinski definition) is 2. The number of halogens is 1. The van der Waals surface area contributed by atoms with Crippen molar-refractivity contribution in [1.29, 1.82) is 0 Å². The largest absolute Gasteiger partial charge is 0.324 e. The summed E-state index contributed by atoms with van der Waals surface area (Å²) in [5.41, 5.74) is 4.09. The first-order chi connectivity index (χ1) is 13.1. The van der Waals surface area contributed by atoms with Crippen LogP contribution in [0.5, 0.6) is 0 Å². The van der Waals surface area contributed by atoms with Gasteiger partial charge in [-0.2, -0.15) is 0 Å². The number of nitrogens with zero attached hydrogens (tertiary/aromatic N) is 2. The predicted molar refractivity (Wildman–Crippen MR) is 105 cm³/mol. The van der Waals surface area contributed by atoms with Crippen LogP contribution in [0.4, 0.5) is 21.7 Å². The third-order valence-corrected chi connectivity index (χ3v) is 4.25. The second kappa shape index (κ2) is 8.40. The molecule has 0 atom stereocenters. The van der Waals surface area contributed by atoms with Crippen molar-refractivity contribution in [3.63, 3.8) is 0 Å². The molecule has 27 heavy (non-hydrogen) atoms. The smallest absolute Gasteiger partial charge is 0.258 e. The van der Waals surface area contributed by atoms with Gasteiger partial charge in [-0.1, -0.05) is 32.0 Å². The highest BCUT2D eigenvalue weighted by Crippen LogP contribution is 2.23. The lowest BCUT2D eigenvalue weighted by Crippen LogP contribution is -2.15. The monoisotopic (exact) mass is 364 g/mol. The quantitative estimate of drug-likeness (QED) is 0.663. The molecule has 1 amide bonds. The predicted octanol–water partition coefficient (Wildman–Crippen LogP) is 4.74. The average Bonchev–Trinajstić information content (AvgIpc) is 2.70. The van der Waals surface area contributed by atoms with Crippen LogP contribution in [0.15, 0.2) is 54.9 Å². The molecule has 138 valence electrons. The molecule has 0 aliphatic rings. The number of amides is 1. The summed E-state index contributed by atoms with van der Waals surface area (Å²) in [5, 5.41) is 5.95. The topological polar surface area (TPSA) is 66.9 Å². The number of rotatable bonds is 6. The number of nitrogens with one attached hydrogen (secondary N) is 2. The van der Waals surface area contributed by atoms with E-state index in [4.69, 9.17) is 0 Å². The van der Waals surface area contributed by atoms with Crippen molar-refractivity contribution in [1.82, 2.24) is 9.97 Å². The van der Waals surface area contributed by atoms with Gasteiger partial charge in [-0.25, -0.2) is 14.4 Å². The van der Waals surface area contributed by atoms with E-state index in [1.807, 2.05) is 18.2 Å². The number of anilines is 3. The zero-order chi connectivity index (χ0) is 19.2. The minimum Gasteiger partial charge on any atom is -0.324 e. The van der Waals surface area contributed by atoms with E-state index in [1.165, 1.54) is 24.5 Å². The van der Waals surface area contributed by atoms with Crippen LogP contribution in [-0.2, 0) is 12.8 Å². The van der Waals surface area contributed by atoms with Crippen molar-refractivity contribution in [2.24, 2.45) is 0 Å². The number of aryl methyl sites for hydroxylation is 2. The van der Waals surface area contributed by atoms with Crippen molar-refractivity contribution in [3.05, 3.63) is 77.4 Å². The first kappa shape index (κ1) is 18.5. The van der Waals surface area contributed by atoms with Crippen molar-refractivity contribution in [2.45, 2.75) is 26.7 Å². The number of aromatic nitrogens is 2. The van der Waals surface area contributed by atoms with Crippen molar-refractivity contribution in [2.75, 3.05) is 10.6 Å². The second-order valence-electron chi connectivity index (χ2n) is 6.04. The lowest BCUT2D eigenvalue weighted by atomic mass is 10.0. The van der Waals surface area contributed by atoms with Crippen LogP contribution >= 0.6 is 0 Å². The molecule has 3 aromatic rings. The minimum absolute atomic E-state index is 0.251. The SMILES string of the molecule is CCc1cccc(CC)c1NC(=O)c1cnc(Nc2ccc(F)cc2)nc1. The van der Waals surface area contributed by atoms with E-state index < -0.39 is 0 Å². The Balaban J connectivity index is 1.74. The van der Waals surface area contributed by atoms with E-state index in [2.05, 4.69) is 34.4 Å². The standard InChI is InChI=1S/C21H21FN4O/c1-3-14-6-5-7-15(4-2)19(14)26-20(27)16-12-23-21(24-13-16)25-18-10-8-17(22)9-11-18/h5-13H,3-4H2,1-2H3,(H,26,27)(H,23,24,25). The number of para-hydroxylation sites is 1. The first-order valence-corrected chi connectivity index (χ1v) is 8.87. The van der Waals surface area contributed by atoms with Crippen LogP contribution in [0.25, 0.3) is 0 Å². The van der Waals surface area contributed by atoms with Gasteiger partial charge in [0.2, 0.25) is 5.95 Å². The van der Waals surface area contributed by atoms with Gasteiger partial charge in [-0.15, -0.1) is 0 Å². The first-order valence-electron chi connectivity index (χ1n) is 8.87. The normalized spacial score (nSPS) is 10.5. The van der Waals surface area contributed by atoms with E-state index in [1.54, 1.807) is 12.1 Å². The average molecular weight is 364 g/mol. The van der Waals surface area contributed by atoms with Crippen LogP contribution in [0.2, 0.25) is 0 Å². The van der Waals surface area contributed by atoms with Gasteiger partial charge >= 0.3 is 0 Å². The molecule has 0 saturated heterocycles. The zero-order valence-corrected chi connectivity index (χ0v) is 15.3. The Bertz CT molecular complexity index is 902. The molecular formula is C21H21FN4O. The van der Waals surface area contributed by atoms with Crippen molar-refractivity contribution < 1.29 is 9.18 Å². The molecule has 0 spiro atoms. The van der Waals surface area contributed by atoms with E-state index in [-0.39, 0.29) is 11.7 Å². The van der Waals surface area contributed by atoms with Gasteiger partial charge in [0.25, 0.3) is 5.91 Å². The fraction of sp³-hybridized carbons (Fsp3) is 0.190. The molecule has 0 aliphatic heterocycles. The van der Waals surface area contributed by atoms with E-state index >= 15 is 0 Å². The molecule has 2 aromatic carbocycles. The Hall–Kier alpha value is -3.28. The Morgan fingerprint density at radius 1 is 0.963 bits per heavy atom. The molecule has 5 nitrogen and oxygen atoms in total. The number of carbonyl (C=O) groups excluding carboxylic acids is 1. The molecule has 0 unspecified atom stereocenters. The Morgan fingerprint density at radius 3 is 2.11 bits per heavy atom. The van der Waals surface area contributed by atoms with Crippen LogP contribution in [0, 0.1) is 5.82 Å². The maximum Gasteiger partial charge on any atom is 0.258 e. The van der Waals surface area contributed by atoms with Gasteiger partial charge in [-0.05, 0) is 48.2 Å². The van der Waals surface area contributed by atoms with Gasteiger partial charge in [0.1, 0.15) is 5.82 Å². The summed E-state index contributed by atoms with van der Waals surface area (Å²) in [6.07, 6.45) is 4.60. The molecule has 1 aromatic heterocycles. The summed E-state index contributed by atoms with van der Waals surface area (Å²) < 4.78 is 13.0. The number of hydrogen-bond acceptors (Lipinski definition) is 4. The summed E-state index contributed by atoms with van der Waals surface area (Å²) in [4.78, 5) is 20.9. The molecular weight excluding hydrogens is 343 g/mol. The Labute approximate surface area is 157 Å². The van der Waals surface area contributed by atoms with Crippen LogP contribution in [0.1, 0.15) is 35.3 Å². The van der Waals surface area contributed by atoms with Gasteiger partial charge in [0.05, 0.1) is 5.56 Å². The molecule has 3 rings (SSSR count). The molecule has 0 radical (unpaired) electrons. The van der Waals surface area contributed by atoms with Crippen LogP contribution < -0.4 is 10.6 Å². The molecule has 2 N–H and O–H groups in total. The maximum atomic E-state index is 13.0. The number of carbonyl (C=O) groups is 1. The highest BCUT2D eigenvalue weighted by atomic mass is 19.1. The lowest BCUT2D eigenvalue weighted by Gasteiger charge is -2.14. The van der Waals surface area contributed by atoms with Crippen molar-refractivity contribution in [3.8, 4) is 0 Å². The summed E-state index contributed by atoms with van der Waals surface area (Å²) >= 11 is 0. The third kappa shape index (κ3) is 4.47. The minimum atomic E-state index is -0.313. The molecule has 0 saturated carbocycles. The Morgan fingerprint density at radius 2 is 1.56 bits per heavy atom. The van der Waals surface area contributed by atoms with E-state index in [0.717, 1.165) is 29.7 Å². The van der Waals surface area contributed by atoms with E-state index in [0.29, 0.717) is 17.2 Å². The number of benzene rings is 2. The fourth-order valence-corrected chi connectivity index (χ4v) is 2.76. The van der Waals surface area contributed by atoms with Gasteiger partial charge in [0, 0.05) is 23.8 Å². The highest BCUT2D eigenvalue weighted by Gasteiger charge is 2.12. The second-order valence-corrected chi connectivity index (χ2v) is 6.04. The van der Waals surface area contributed by atoms with Crippen molar-refractivity contribution >= 4 is 23.2 Å². The Kier molecular flexibility index (Phi) is 5.76. The highest BCUT2D eigenvalue weighted by molar-refractivity contribution is 6.04. The fourth-order valence-electron chi connectivity index (χ4n) is 2.76. The molecule has 0 bridgehead atoms. The third-order valence-electron chi connectivity index (χ3n) is 4.25. The molecule has 6 heteroatoms. The molecule has 0 aliphatic carbocycles. The zero-order valence-electron chi connectivity index (χ0n) is 15.3.